The van der Waals surface area contributed by atoms with Gasteiger partial charge >= 0.3 is 6.36 Å². The van der Waals surface area contributed by atoms with Crippen molar-refractivity contribution in [3.63, 3.8) is 0 Å². The normalized spacial score (nSPS) is 13.3. The number of hydrogen-bond donors (Lipinski definition) is 0. The number of benzene rings is 1. The second kappa shape index (κ2) is 7.35. The van der Waals surface area contributed by atoms with E-state index in [4.69, 9.17) is 9.47 Å². The third-order valence-electron chi connectivity index (χ3n) is 2.31. The average molecular weight is 278 g/mol. The molecule has 1 rings (SSSR count). The molecule has 0 fully saturated rings. The van der Waals surface area contributed by atoms with Crippen molar-refractivity contribution in [1.82, 2.24) is 0 Å². The van der Waals surface area contributed by atoms with E-state index in [2.05, 4.69) is 4.74 Å². The summed E-state index contributed by atoms with van der Waals surface area (Å²) in [4.78, 5) is 0. The van der Waals surface area contributed by atoms with Crippen LogP contribution in [0.25, 0.3) is 0 Å². The van der Waals surface area contributed by atoms with Gasteiger partial charge in [0.2, 0.25) is 0 Å². The lowest BCUT2D eigenvalue weighted by Gasteiger charge is -2.16. The van der Waals surface area contributed by atoms with Gasteiger partial charge in [-0.25, -0.2) is 0 Å². The fraction of sp³-hybridized carbons (Fsp3) is 0.538. The summed E-state index contributed by atoms with van der Waals surface area (Å²) in [5.41, 5.74) is 1.12. The molecule has 0 N–H and O–H groups in total. The minimum Gasteiger partial charge on any atom is -0.465 e. The highest BCUT2D eigenvalue weighted by molar-refractivity contribution is 5.28. The number of ether oxygens (including phenoxy) is 3. The predicted molar refractivity (Wildman–Crippen MR) is 63.9 cm³/mol. The first-order valence-corrected chi connectivity index (χ1v) is 5.98. The third kappa shape index (κ3) is 7.03. The van der Waals surface area contributed by atoms with Gasteiger partial charge in [-0.1, -0.05) is 19.1 Å². The Kier molecular flexibility index (Phi) is 6.11. The van der Waals surface area contributed by atoms with Crippen molar-refractivity contribution in [2.75, 3.05) is 13.2 Å². The lowest BCUT2D eigenvalue weighted by atomic mass is 10.2. The van der Waals surface area contributed by atoms with Crippen LogP contribution in [0.2, 0.25) is 0 Å². The summed E-state index contributed by atoms with van der Waals surface area (Å²) in [7, 11) is 0. The van der Waals surface area contributed by atoms with Gasteiger partial charge < -0.3 is 9.47 Å². The molecule has 108 valence electrons. The largest absolute Gasteiger partial charge is 0.522 e. The first kappa shape index (κ1) is 15.8. The van der Waals surface area contributed by atoms with Gasteiger partial charge in [-0.15, -0.1) is 13.2 Å². The molecule has 6 heteroatoms. The van der Waals surface area contributed by atoms with Gasteiger partial charge in [0.1, 0.15) is 5.75 Å². The highest BCUT2D eigenvalue weighted by Crippen LogP contribution is 2.17. The van der Waals surface area contributed by atoms with E-state index in [0.29, 0.717) is 5.75 Å². The highest BCUT2D eigenvalue weighted by Gasteiger charge is 2.28. The van der Waals surface area contributed by atoms with E-state index >= 15 is 0 Å². The molecule has 0 aliphatic carbocycles. The Balaban J connectivity index is 2.28. The molecule has 0 saturated heterocycles. The SMILES string of the molecule is CCc1cccc(OC(C)OCCOC(F)(F)F)c1. The fourth-order valence-electron chi connectivity index (χ4n) is 1.44. The first-order chi connectivity index (χ1) is 8.90. The van der Waals surface area contributed by atoms with Crippen molar-refractivity contribution >= 4 is 0 Å². The molecule has 0 saturated carbocycles. The smallest absolute Gasteiger partial charge is 0.465 e. The zero-order valence-electron chi connectivity index (χ0n) is 10.9. The fourth-order valence-corrected chi connectivity index (χ4v) is 1.44. The molecule has 19 heavy (non-hydrogen) atoms. The molecule has 1 atom stereocenters. The minimum atomic E-state index is -4.62. The number of hydrogen-bond acceptors (Lipinski definition) is 3. The Morgan fingerprint density at radius 3 is 2.58 bits per heavy atom. The molecule has 1 aromatic carbocycles. The van der Waals surface area contributed by atoms with Crippen LogP contribution >= 0.6 is 0 Å². The summed E-state index contributed by atoms with van der Waals surface area (Å²) < 4.78 is 49.2. The van der Waals surface area contributed by atoms with Crippen LogP contribution in [0.4, 0.5) is 13.2 Å². The van der Waals surface area contributed by atoms with E-state index in [0.717, 1.165) is 12.0 Å². The second-order valence-corrected chi connectivity index (χ2v) is 3.85. The van der Waals surface area contributed by atoms with Crippen molar-refractivity contribution in [2.24, 2.45) is 0 Å². The van der Waals surface area contributed by atoms with E-state index in [9.17, 15) is 13.2 Å². The summed E-state index contributed by atoms with van der Waals surface area (Å²) in [6, 6.07) is 7.46. The number of rotatable bonds is 7. The molecule has 0 bridgehead atoms. The molecule has 3 nitrogen and oxygen atoms in total. The van der Waals surface area contributed by atoms with E-state index < -0.39 is 19.3 Å². The van der Waals surface area contributed by atoms with Crippen molar-refractivity contribution in [3.8, 4) is 5.75 Å². The molecule has 0 radical (unpaired) electrons. The van der Waals surface area contributed by atoms with Crippen LogP contribution in [-0.2, 0) is 15.9 Å². The molecule has 0 aliphatic rings. The van der Waals surface area contributed by atoms with Crippen LogP contribution in [0.3, 0.4) is 0 Å². The molecule has 0 spiro atoms. The van der Waals surface area contributed by atoms with Gasteiger partial charge in [0.25, 0.3) is 0 Å². The van der Waals surface area contributed by atoms with E-state index in [-0.39, 0.29) is 6.61 Å². The van der Waals surface area contributed by atoms with Gasteiger partial charge in [0.15, 0.2) is 6.29 Å². The molecule has 1 aromatic rings. The van der Waals surface area contributed by atoms with E-state index in [1.807, 2.05) is 25.1 Å². The maximum absolute atomic E-state index is 11.7. The number of alkyl halides is 3. The van der Waals surface area contributed by atoms with Crippen LogP contribution < -0.4 is 4.74 Å². The Bertz CT molecular complexity index is 380. The summed E-state index contributed by atoms with van der Waals surface area (Å²) in [5, 5.41) is 0. The third-order valence-corrected chi connectivity index (χ3v) is 2.31. The minimum absolute atomic E-state index is 0.186. The summed E-state index contributed by atoms with van der Waals surface area (Å²) in [6.07, 6.45) is -4.38. The van der Waals surface area contributed by atoms with Gasteiger partial charge in [-0.05, 0) is 31.0 Å². The zero-order valence-corrected chi connectivity index (χ0v) is 10.9. The molecular weight excluding hydrogens is 261 g/mol. The van der Waals surface area contributed by atoms with Crippen LogP contribution in [-0.4, -0.2) is 25.9 Å². The monoisotopic (exact) mass is 278 g/mol. The summed E-state index contributed by atoms with van der Waals surface area (Å²) >= 11 is 0. The van der Waals surface area contributed by atoms with Crippen molar-refractivity contribution in [3.05, 3.63) is 29.8 Å². The average Bonchev–Trinajstić information content (AvgIpc) is 2.34. The van der Waals surface area contributed by atoms with Gasteiger partial charge in [-0.3, -0.25) is 4.74 Å². The molecule has 0 aromatic heterocycles. The quantitative estimate of drug-likeness (QED) is 0.564. The van der Waals surface area contributed by atoms with Gasteiger partial charge in [-0.2, -0.15) is 0 Å². The summed E-state index contributed by atoms with van der Waals surface area (Å²) in [6.45, 7) is 2.90. The maximum Gasteiger partial charge on any atom is 0.522 e. The molecule has 1 unspecified atom stereocenters. The Morgan fingerprint density at radius 1 is 1.21 bits per heavy atom. The van der Waals surface area contributed by atoms with E-state index in [1.54, 1.807) is 13.0 Å². The summed E-state index contributed by atoms with van der Waals surface area (Å²) in [5.74, 6) is 0.628. The number of aryl methyl sites for hydroxylation is 1. The molecule has 0 aliphatic heterocycles. The van der Waals surface area contributed by atoms with Crippen LogP contribution in [0.5, 0.6) is 5.75 Å². The van der Waals surface area contributed by atoms with Crippen molar-refractivity contribution in [1.29, 1.82) is 0 Å². The van der Waals surface area contributed by atoms with Crippen LogP contribution in [0.1, 0.15) is 19.4 Å². The maximum atomic E-state index is 11.7. The van der Waals surface area contributed by atoms with E-state index in [1.165, 1.54) is 0 Å². The Labute approximate surface area is 110 Å². The van der Waals surface area contributed by atoms with Gasteiger partial charge in [0.05, 0.1) is 13.2 Å². The zero-order chi connectivity index (χ0) is 14.3. The molecule has 0 amide bonds. The van der Waals surface area contributed by atoms with Crippen LogP contribution in [0, 0.1) is 0 Å². The topological polar surface area (TPSA) is 27.7 Å². The van der Waals surface area contributed by atoms with Crippen molar-refractivity contribution < 1.29 is 27.4 Å². The Hall–Kier alpha value is -1.27. The first-order valence-electron chi connectivity index (χ1n) is 5.98. The molecule has 0 heterocycles. The van der Waals surface area contributed by atoms with Gasteiger partial charge in [0, 0.05) is 0 Å². The lowest BCUT2D eigenvalue weighted by molar-refractivity contribution is -0.328. The second-order valence-electron chi connectivity index (χ2n) is 3.85. The number of halogens is 3. The Morgan fingerprint density at radius 2 is 1.95 bits per heavy atom. The van der Waals surface area contributed by atoms with Crippen molar-refractivity contribution in [2.45, 2.75) is 32.9 Å². The van der Waals surface area contributed by atoms with Crippen LogP contribution in [0.15, 0.2) is 24.3 Å². The predicted octanol–water partition coefficient (Wildman–Crippen LogP) is 3.53. The highest BCUT2D eigenvalue weighted by atomic mass is 19.4. The standard InChI is InChI=1S/C13H17F3O3/c1-3-11-5-4-6-12(9-11)19-10(2)17-7-8-18-13(14,15)16/h4-6,9-10H,3,7-8H2,1-2H3. The molecular formula is C13H17F3O3. The lowest BCUT2D eigenvalue weighted by Crippen LogP contribution is -2.22.